The normalized spacial score (nSPS) is 18.4. The summed E-state index contributed by atoms with van der Waals surface area (Å²) in [5.41, 5.74) is 9.90. The fraction of sp³-hybridized carbons (Fsp3) is 0.446. The Morgan fingerprint density at radius 2 is 1.19 bits per heavy atom. The third kappa shape index (κ3) is 11.0. The van der Waals surface area contributed by atoms with Crippen molar-refractivity contribution in [2.24, 2.45) is 0 Å². The van der Waals surface area contributed by atoms with Crippen molar-refractivity contribution in [1.29, 1.82) is 0 Å². The molecule has 0 aromatic heterocycles. The van der Waals surface area contributed by atoms with E-state index in [0.29, 0.717) is 32.2 Å². The molecule has 3 heterocycles. The lowest BCUT2D eigenvalue weighted by molar-refractivity contribution is -0.135. The third-order valence-corrected chi connectivity index (χ3v) is 18.3. The minimum Gasteiger partial charge on any atom is -0.495 e. The summed E-state index contributed by atoms with van der Waals surface area (Å²) in [5.74, 6) is 2.34. The molecule has 6 aromatic rings. The van der Waals surface area contributed by atoms with Crippen molar-refractivity contribution >= 4 is 37.3 Å². The van der Waals surface area contributed by atoms with Crippen molar-refractivity contribution in [2.75, 3.05) is 82.7 Å². The van der Waals surface area contributed by atoms with Crippen LogP contribution < -0.4 is 24.0 Å². The molecule has 2 fully saturated rings. The quantitative estimate of drug-likeness (QED) is 0.0686. The molecule has 0 N–H and O–H groups in total. The number of methoxy groups -OCH3 is 1. The summed E-state index contributed by atoms with van der Waals surface area (Å²) in [6.07, 6.45) is 6.48. The summed E-state index contributed by atoms with van der Waals surface area (Å²) in [6.45, 7) is 29.0. The first-order valence-electron chi connectivity index (χ1n) is 27.8. The van der Waals surface area contributed by atoms with Gasteiger partial charge < -0.3 is 51.2 Å². The molecule has 0 radical (unpaired) electrons. The SMILES string of the molecule is CCC1(CC)c2cc(-c3ccccc3)ccc2-c2c1c1c(c3cc(OC)c(N4CCOCC4)cc23)OC(c2ccc(OCCO[Si](OC(C)(C)C)(OC(C)(C)C)OC(C)(C)C)cc2)(c2ccc(N3CCOCC3)cc2)C=C1. The molecule has 408 valence electrons. The summed E-state index contributed by atoms with van der Waals surface area (Å²) >= 11 is 0. The van der Waals surface area contributed by atoms with Crippen LogP contribution in [0.4, 0.5) is 11.4 Å². The molecule has 12 heteroatoms. The minimum atomic E-state index is -3.69. The van der Waals surface area contributed by atoms with Gasteiger partial charge in [0, 0.05) is 59.4 Å². The van der Waals surface area contributed by atoms with Crippen LogP contribution in [0.25, 0.3) is 39.1 Å². The van der Waals surface area contributed by atoms with Gasteiger partial charge in [0.1, 0.15) is 23.9 Å². The largest absolute Gasteiger partial charge is 0.681 e. The van der Waals surface area contributed by atoms with E-state index in [-0.39, 0.29) is 18.6 Å². The average molecular weight is 1060 g/mol. The van der Waals surface area contributed by atoms with Gasteiger partial charge in [-0.25, -0.2) is 0 Å². The number of fused-ring (bicyclic) bond motifs is 8. The van der Waals surface area contributed by atoms with Gasteiger partial charge in [-0.15, -0.1) is 0 Å². The van der Waals surface area contributed by atoms with Crippen molar-refractivity contribution in [3.05, 3.63) is 143 Å². The zero-order valence-corrected chi connectivity index (χ0v) is 48.6. The second-order valence-electron chi connectivity index (χ2n) is 23.8. The van der Waals surface area contributed by atoms with Crippen LogP contribution in [-0.4, -0.2) is 98.8 Å². The van der Waals surface area contributed by atoms with Gasteiger partial charge in [-0.1, -0.05) is 86.7 Å². The Labute approximate surface area is 458 Å². The number of morpholine rings is 2. The van der Waals surface area contributed by atoms with Crippen LogP contribution in [0.3, 0.4) is 0 Å². The van der Waals surface area contributed by atoms with Crippen LogP contribution in [0.15, 0.2) is 115 Å². The monoisotopic (exact) mass is 1060 g/mol. The molecule has 0 bridgehead atoms. The van der Waals surface area contributed by atoms with Crippen LogP contribution in [-0.2, 0) is 38.2 Å². The molecule has 11 nitrogen and oxygen atoms in total. The molecule has 1 unspecified atom stereocenters. The lowest BCUT2D eigenvalue weighted by Gasteiger charge is -2.41. The van der Waals surface area contributed by atoms with Crippen molar-refractivity contribution in [3.63, 3.8) is 0 Å². The second kappa shape index (κ2) is 21.5. The predicted octanol–water partition coefficient (Wildman–Crippen LogP) is 13.9. The van der Waals surface area contributed by atoms with Crippen LogP contribution >= 0.6 is 0 Å². The number of anilines is 2. The van der Waals surface area contributed by atoms with E-state index in [1.54, 1.807) is 7.11 Å². The standard InChI is InChI=1S/C65H80N2O9Si/c1-13-64(14-2)55-42-46(45-18-16-15-17-19-45)20-29-51(55)58-53-43-56(67-34-38-70-39-35-67)57(68-12)44-54(53)60-52(59(58)64)30-31-65(73-60,47-21-25-49(26-22-47)66-32-36-69-37-33-66)48-23-27-50(28-24-48)71-40-41-72-77(74-61(3,4)5,75-62(6,7)8)76-63(9,10)11/h15-31,42-44H,13-14,32-41H2,1-12H3. The Kier molecular flexibility index (Phi) is 15.3. The first kappa shape index (κ1) is 54.6. The van der Waals surface area contributed by atoms with Gasteiger partial charge in [0.05, 0.1) is 62.6 Å². The molecule has 3 aliphatic heterocycles. The molecular weight excluding hydrogens is 981 g/mol. The zero-order valence-electron chi connectivity index (χ0n) is 47.6. The van der Waals surface area contributed by atoms with E-state index in [1.807, 2.05) is 74.4 Å². The van der Waals surface area contributed by atoms with Gasteiger partial charge in [0.25, 0.3) is 0 Å². The predicted molar refractivity (Wildman–Crippen MR) is 312 cm³/mol. The van der Waals surface area contributed by atoms with E-state index >= 15 is 0 Å². The van der Waals surface area contributed by atoms with Gasteiger partial charge in [0.15, 0.2) is 5.60 Å². The van der Waals surface area contributed by atoms with E-state index in [4.69, 9.17) is 41.4 Å². The summed E-state index contributed by atoms with van der Waals surface area (Å²) in [6, 6.07) is 39.7. The fourth-order valence-electron chi connectivity index (χ4n) is 11.9. The minimum absolute atomic E-state index is 0.195. The van der Waals surface area contributed by atoms with Gasteiger partial charge in [-0.2, -0.15) is 0 Å². The molecule has 2 saturated heterocycles. The van der Waals surface area contributed by atoms with E-state index in [9.17, 15) is 0 Å². The smallest absolute Gasteiger partial charge is 0.495 e. The van der Waals surface area contributed by atoms with Gasteiger partial charge >= 0.3 is 9.05 Å². The molecule has 77 heavy (non-hydrogen) atoms. The van der Waals surface area contributed by atoms with Crippen molar-refractivity contribution in [1.82, 2.24) is 0 Å². The molecule has 1 aliphatic carbocycles. The highest BCUT2D eigenvalue weighted by Crippen LogP contribution is 2.62. The zero-order chi connectivity index (χ0) is 54.4. The molecule has 6 aromatic carbocycles. The Bertz CT molecular complexity index is 3030. The van der Waals surface area contributed by atoms with Crippen molar-refractivity contribution in [3.8, 4) is 39.5 Å². The van der Waals surface area contributed by atoms with E-state index in [2.05, 4.69) is 133 Å². The number of rotatable bonds is 16. The number of hydrogen-bond acceptors (Lipinski definition) is 11. The number of nitrogens with zero attached hydrogens (tertiary/aromatic N) is 2. The fourth-order valence-corrected chi connectivity index (χ4v) is 14.7. The molecule has 1 atom stereocenters. The lowest BCUT2D eigenvalue weighted by atomic mass is 9.70. The van der Waals surface area contributed by atoms with Crippen LogP contribution in [0.5, 0.6) is 17.2 Å². The Morgan fingerprint density at radius 3 is 1.77 bits per heavy atom. The van der Waals surface area contributed by atoms with Crippen LogP contribution in [0, 0.1) is 0 Å². The van der Waals surface area contributed by atoms with Crippen molar-refractivity contribution < 1.29 is 41.4 Å². The maximum Gasteiger partial charge on any atom is 0.681 e. The molecule has 0 amide bonds. The second-order valence-corrected chi connectivity index (χ2v) is 25.7. The molecule has 0 saturated carbocycles. The Morgan fingerprint density at radius 1 is 0.610 bits per heavy atom. The van der Waals surface area contributed by atoms with Crippen molar-refractivity contribution in [2.45, 2.75) is 117 Å². The van der Waals surface area contributed by atoms with Gasteiger partial charge in [0.2, 0.25) is 0 Å². The Balaban J connectivity index is 1.09. The number of benzene rings is 6. The highest BCUT2D eigenvalue weighted by Gasteiger charge is 2.54. The lowest BCUT2D eigenvalue weighted by Crippen LogP contribution is -2.59. The topological polar surface area (TPSA) is 89.6 Å². The highest BCUT2D eigenvalue weighted by atomic mass is 28.4. The summed E-state index contributed by atoms with van der Waals surface area (Å²) in [5, 5.41) is 2.16. The first-order valence-corrected chi connectivity index (χ1v) is 29.5. The first-order chi connectivity index (χ1) is 36.8. The molecule has 0 spiro atoms. The number of ether oxygens (including phenoxy) is 5. The summed E-state index contributed by atoms with van der Waals surface area (Å²) < 4.78 is 58.6. The highest BCUT2D eigenvalue weighted by molar-refractivity contribution is 6.54. The average Bonchev–Trinajstić information content (AvgIpc) is 3.74. The third-order valence-electron chi connectivity index (χ3n) is 15.2. The van der Waals surface area contributed by atoms with Gasteiger partial charge in [-0.3, -0.25) is 0 Å². The molecular formula is C65H80N2O9Si. The summed E-state index contributed by atoms with van der Waals surface area (Å²) in [4.78, 5) is 4.79. The van der Waals surface area contributed by atoms with E-state index in [1.165, 1.54) is 33.4 Å². The van der Waals surface area contributed by atoms with E-state index < -0.39 is 31.5 Å². The van der Waals surface area contributed by atoms with Crippen LogP contribution in [0.1, 0.15) is 117 Å². The van der Waals surface area contributed by atoms with Gasteiger partial charge in [-0.05, 0) is 162 Å². The Hall–Kier alpha value is -5.70. The molecule has 4 aliphatic rings. The maximum absolute atomic E-state index is 7.96. The van der Waals surface area contributed by atoms with E-state index in [0.717, 1.165) is 89.4 Å². The summed E-state index contributed by atoms with van der Waals surface area (Å²) in [7, 11) is -1.91. The number of hydrogen-bond donors (Lipinski definition) is 0. The van der Waals surface area contributed by atoms with Crippen LogP contribution in [0.2, 0.25) is 0 Å². The maximum atomic E-state index is 7.96. The molecule has 10 rings (SSSR count).